The number of fused-ring (bicyclic) bond motifs is 3. The number of ether oxygens (including phenoxy) is 1. The van der Waals surface area contributed by atoms with Crippen molar-refractivity contribution in [3.63, 3.8) is 0 Å². The van der Waals surface area contributed by atoms with Gasteiger partial charge in [-0.2, -0.15) is 5.10 Å². The van der Waals surface area contributed by atoms with Crippen LogP contribution >= 0.6 is 0 Å². The van der Waals surface area contributed by atoms with E-state index >= 15 is 0 Å². The molecule has 0 fully saturated rings. The summed E-state index contributed by atoms with van der Waals surface area (Å²) in [4.78, 5) is 0. The fraction of sp³-hybridized carbons (Fsp3) is 0.136. The van der Waals surface area contributed by atoms with Crippen molar-refractivity contribution in [3.8, 4) is 5.75 Å². The van der Waals surface area contributed by atoms with E-state index in [2.05, 4.69) is 0 Å². The summed E-state index contributed by atoms with van der Waals surface area (Å²) < 4.78 is 33.3. The average molecular weight is 362 g/mol. The number of hydrogen-bond acceptors (Lipinski definition) is 3. The molecule has 3 aromatic carbocycles. The van der Waals surface area contributed by atoms with E-state index in [-0.39, 0.29) is 17.7 Å². The second-order valence-electron chi connectivity index (χ2n) is 6.72. The van der Waals surface area contributed by atoms with Crippen molar-refractivity contribution in [2.45, 2.75) is 18.7 Å². The summed E-state index contributed by atoms with van der Waals surface area (Å²) in [6, 6.07) is 20.6. The normalized spacial score (nSPS) is 20.5. The first kappa shape index (κ1) is 16.0. The number of hydrogen-bond donors (Lipinski definition) is 0. The summed E-state index contributed by atoms with van der Waals surface area (Å²) in [7, 11) is 0. The third-order valence-electron chi connectivity index (χ3n) is 5.01. The molecule has 134 valence electrons. The van der Waals surface area contributed by atoms with Gasteiger partial charge in [-0.1, -0.05) is 42.5 Å². The molecule has 0 unspecified atom stereocenters. The molecule has 0 radical (unpaired) electrons. The van der Waals surface area contributed by atoms with Crippen LogP contribution in [0, 0.1) is 11.6 Å². The first-order valence-electron chi connectivity index (χ1n) is 8.82. The molecular weight excluding hydrogens is 346 g/mol. The predicted octanol–water partition coefficient (Wildman–Crippen LogP) is 5.21. The summed E-state index contributed by atoms with van der Waals surface area (Å²) in [6.45, 7) is 0. The number of nitrogens with zero attached hydrogens (tertiary/aromatic N) is 2. The molecule has 0 aliphatic carbocycles. The summed E-state index contributed by atoms with van der Waals surface area (Å²) in [5.74, 6) is 0.193. The molecule has 0 aromatic heterocycles. The fourth-order valence-electron chi connectivity index (χ4n) is 3.73. The second-order valence-corrected chi connectivity index (χ2v) is 6.72. The molecule has 0 amide bonds. The number of hydrazone groups is 1. The molecule has 5 rings (SSSR count). The third kappa shape index (κ3) is 2.76. The zero-order valence-electron chi connectivity index (χ0n) is 14.3. The van der Waals surface area contributed by atoms with Gasteiger partial charge in [0.1, 0.15) is 17.4 Å². The van der Waals surface area contributed by atoms with Crippen molar-refractivity contribution in [3.05, 3.63) is 101 Å². The maximum atomic E-state index is 13.8. The molecule has 27 heavy (non-hydrogen) atoms. The number of benzene rings is 3. The van der Waals surface area contributed by atoms with Gasteiger partial charge in [0.2, 0.25) is 6.23 Å². The minimum absolute atomic E-state index is 0.0109. The topological polar surface area (TPSA) is 24.8 Å². The van der Waals surface area contributed by atoms with E-state index in [4.69, 9.17) is 9.84 Å². The van der Waals surface area contributed by atoms with E-state index < -0.39 is 6.23 Å². The van der Waals surface area contributed by atoms with Crippen LogP contribution in [0.1, 0.15) is 35.4 Å². The van der Waals surface area contributed by atoms with E-state index in [0.29, 0.717) is 12.0 Å². The van der Waals surface area contributed by atoms with E-state index in [1.807, 2.05) is 35.3 Å². The second kappa shape index (κ2) is 6.20. The fourth-order valence-corrected chi connectivity index (χ4v) is 3.73. The van der Waals surface area contributed by atoms with Gasteiger partial charge in [0.25, 0.3) is 0 Å². The van der Waals surface area contributed by atoms with E-state index in [1.54, 1.807) is 18.2 Å². The van der Waals surface area contributed by atoms with Gasteiger partial charge in [-0.15, -0.1) is 0 Å². The summed E-state index contributed by atoms with van der Waals surface area (Å²) in [6.07, 6.45) is 0.163. The minimum atomic E-state index is -0.515. The van der Waals surface area contributed by atoms with Gasteiger partial charge < -0.3 is 4.74 Å². The Bertz CT molecular complexity index is 1030. The molecular formula is C22H16F2N2O. The molecule has 0 bridgehead atoms. The van der Waals surface area contributed by atoms with Crippen molar-refractivity contribution in [1.29, 1.82) is 0 Å². The van der Waals surface area contributed by atoms with Crippen molar-refractivity contribution >= 4 is 5.71 Å². The number of rotatable bonds is 2. The van der Waals surface area contributed by atoms with Gasteiger partial charge in [0.05, 0.1) is 11.8 Å². The lowest BCUT2D eigenvalue weighted by molar-refractivity contribution is -0.0192. The van der Waals surface area contributed by atoms with E-state index in [0.717, 1.165) is 22.6 Å². The largest absolute Gasteiger partial charge is 0.464 e. The van der Waals surface area contributed by atoms with Crippen LogP contribution in [0.3, 0.4) is 0 Å². The Morgan fingerprint density at radius 1 is 0.889 bits per heavy atom. The quantitative estimate of drug-likeness (QED) is 0.625. The molecule has 0 saturated heterocycles. The number of para-hydroxylation sites is 1. The highest BCUT2D eigenvalue weighted by molar-refractivity contribution is 6.01. The Kier molecular flexibility index (Phi) is 3.67. The third-order valence-corrected chi connectivity index (χ3v) is 5.01. The van der Waals surface area contributed by atoms with E-state index in [1.165, 1.54) is 24.3 Å². The lowest BCUT2D eigenvalue weighted by Crippen LogP contribution is -2.33. The molecule has 2 atom stereocenters. The molecule has 0 saturated carbocycles. The smallest absolute Gasteiger partial charge is 0.213 e. The van der Waals surface area contributed by atoms with Crippen LogP contribution in [0.15, 0.2) is 77.9 Å². The molecule has 2 aliphatic rings. The monoisotopic (exact) mass is 362 g/mol. The van der Waals surface area contributed by atoms with Gasteiger partial charge >= 0.3 is 0 Å². The van der Waals surface area contributed by atoms with Crippen molar-refractivity contribution < 1.29 is 13.5 Å². The molecule has 2 aliphatic heterocycles. The van der Waals surface area contributed by atoms with Gasteiger partial charge in [0, 0.05) is 17.5 Å². The predicted molar refractivity (Wildman–Crippen MR) is 98.3 cm³/mol. The van der Waals surface area contributed by atoms with Crippen LogP contribution in [0.25, 0.3) is 0 Å². The van der Waals surface area contributed by atoms with Crippen LogP contribution in [-0.4, -0.2) is 10.7 Å². The Morgan fingerprint density at radius 2 is 1.70 bits per heavy atom. The van der Waals surface area contributed by atoms with Crippen molar-refractivity contribution in [2.75, 3.05) is 0 Å². The molecule has 5 heteroatoms. The summed E-state index contributed by atoms with van der Waals surface area (Å²) in [5.41, 5.74) is 3.49. The van der Waals surface area contributed by atoms with Gasteiger partial charge in [-0.05, 0) is 35.9 Å². The van der Waals surface area contributed by atoms with E-state index in [9.17, 15) is 8.78 Å². The summed E-state index contributed by atoms with van der Waals surface area (Å²) in [5, 5.41) is 6.66. The first-order chi connectivity index (χ1) is 13.2. The first-order valence-corrected chi connectivity index (χ1v) is 8.82. The van der Waals surface area contributed by atoms with Gasteiger partial charge in [0.15, 0.2) is 0 Å². The highest BCUT2D eigenvalue weighted by Crippen LogP contribution is 2.47. The Morgan fingerprint density at radius 3 is 2.52 bits per heavy atom. The van der Waals surface area contributed by atoms with Crippen molar-refractivity contribution in [1.82, 2.24) is 5.01 Å². The van der Waals surface area contributed by atoms with Gasteiger partial charge in [-0.25, -0.2) is 13.8 Å². The Hall–Kier alpha value is -3.21. The standard InChI is InChI=1S/C22H16F2N2O/c23-16-10-8-14(9-11-16)19-13-20-18-6-1-2-7-21(18)27-22(26(20)25-19)15-4-3-5-17(24)12-15/h1-12,20,22H,13H2/t20-,22-/m1/s1. The number of halogens is 2. The highest BCUT2D eigenvalue weighted by Gasteiger charge is 2.40. The summed E-state index contributed by atoms with van der Waals surface area (Å²) >= 11 is 0. The SMILES string of the molecule is Fc1ccc(C2=NN3[C@H](C2)c2ccccc2O[C@@H]3c2cccc(F)c2)cc1. The molecule has 2 heterocycles. The van der Waals surface area contributed by atoms with Crippen LogP contribution in [0.2, 0.25) is 0 Å². The minimum Gasteiger partial charge on any atom is -0.464 e. The maximum Gasteiger partial charge on any atom is 0.213 e. The van der Waals surface area contributed by atoms with Crippen LogP contribution in [0.4, 0.5) is 8.78 Å². The van der Waals surface area contributed by atoms with Crippen molar-refractivity contribution in [2.24, 2.45) is 5.10 Å². The van der Waals surface area contributed by atoms with Gasteiger partial charge in [-0.3, -0.25) is 0 Å². The lowest BCUT2D eigenvalue weighted by atomic mass is 9.96. The lowest BCUT2D eigenvalue weighted by Gasteiger charge is -2.38. The van der Waals surface area contributed by atoms with Crippen LogP contribution in [-0.2, 0) is 0 Å². The molecule has 3 aromatic rings. The van der Waals surface area contributed by atoms with Crippen LogP contribution < -0.4 is 4.74 Å². The Labute approximate surface area is 155 Å². The highest BCUT2D eigenvalue weighted by atomic mass is 19.1. The molecule has 0 spiro atoms. The Balaban J connectivity index is 1.60. The van der Waals surface area contributed by atoms with Crippen LogP contribution in [0.5, 0.6) is 5.75 Å². The molecule has 3 nitrogen and oxygen atoms in total. The maximum absolute atomic E-state index is 13.8. The molecule has 0 N–H and O–H groups in total. The zero-order chi connectivity index (χ0) is 18.4. The zero-order valence-corrected chi connectivity index (χ0v) is 14.3. The average Bonchev–Trinajstić information content (AvgIpc) is 3.13.